The molecule has 1 heterocycles. The zero-order valence-corrected chi connectivity index (χ0v) is 14.3. The van der Waals surface area contributed by atoms with Gasteiger partial charge in [0.25, 0.3) is 0 Å². The van der Waals surface area contributed by atoms with Crippen LogP contribution in [0.4, 0.5) is 0 Å². The van der Waals surface area contributed by atoms with Gasteiger partial charge in [-0.25, -0.2) is 0 Å². The Kier molecular flexibility index (Phi) is 3.21. The maximum Gasteiger partial charge on any atom is 0.178 e. The third-order valence-electron chi connectivity index (χ3n) is 5.38. The van der Waals surface area contributed by atoms with E-state index in [2.05, 4.69) is 56.3 Å². The quantitative estimate of drug-likeness (QED) is 0.797. The molecule has 1 aromatic carbocycles. The van der Waals surface area contributed by atoms with Crippen LogP contribution in [0.1, 0.15) is 47.1 Å². The minimum atomic E-state index is 0.251. The number of aromatic nitrogens is 2. The van der Waals surface area contributed by atoms with Crippen molar-refractivity contribution in [1.29, 1.82) is 0 Å². The van der Waals surface area contributed by atoms with Crippen molar-refractivity contribution in [3.8, 4) is 5.75 Å². The molecule has 0 aliphatic heterocycles. The Morgan fingerprint density at radius 3 is 2.48 bits per heavy atom. The largest absolute Gasteiger partial charge is 0.491 e. The molecule has 1 fully saturated rings. The number of nitrogens with zero attached hydrogens (tertiary/aromatic N) is 1. The average Bonchev–Trinajstić information content (AvgIpc) is 2.69. The monoisotopic (exact) mass is 304 g/mol. The molecule has 114 valence electrons. The molecule has 1 aromatic heterocycles. The van der Waals surface area contributed by atoms with Gasteiger partial charge < -0.3 is 14.3 Å². The molecule has 1 N–H and O–H groups in total. The molecule has 1 aliphatic carbocycles. The third-order valence-corrected chi connectivity index (χ3v) is 5.68. The summed E-state index contributed by atoms with van der Waals surface area (Å²) in [5, 5.41) is 0. The first-order chi connectivity index (χ1) is 9.82. The highest BCUT2D eigenvalue weighted by molar-refractivity contribution is 7.71. The van der Waals surface area contributed by atoms with Crippen LogP contribution in [-0.2, 0) is 0 Å². The minimum absolute atomic E-state index is 0.251. The Hall–Kier alpha value is -1.29. The first-order valence-corrected chi connectivity index (χ1v) is 8.09. The fraction of sp³-hybridized carbons (Fsp3) is 0.588. The molecular formula is C17H24N2OS. The van der Waals surface area contributed by atoms with Crippen LogP contribution in [0.2, 0.25) is 0 Å². The van der Waals surface area contributed by atoms with Crippen LogP contribution in [0.15, 0.2) is 18.2 Å². The van der Waals surface area contributed by atoms with Crippen LogP contribution < -0.4 is 4.74 Å². The smallest absolute Gasteiger partial charge is 0.178 e. The summed E-state index contributed by atoms with van der Waals surface area (Å²) in [6.45, 7) is 12.1. The Morgan fingerprint density at radius 2 is 1.90 bits per heavy atom. The fourth-order valence-electron chi connectivity index (χ4n) is 3.52. The van der Waals surface area contributed by atoms with Gasteiger partial charge in [-0.2, -0.15) is 0 Å². The molecule has 1 aliphatic rings. The van der Waals surface area contributed by atoms with E-state index in [-0.39, 0.29) is 10.8 Å². The second kappa shape index (κ2) is 4.60. The molecule has 4 heteroatoms. The summed E-state index contributed by atoms with van der Waals surface area (Å²) in [4.78, 5) is 3.35. The summed E-state index contributed by atoms with van der Waals surface area (Å²) < 4.78 is 8.92. The molecule has 0 radical (unpaired) electrons. The molecule has 2 aromatic rings. The van der Waals surface area contributed by atoms with E-state index in [0.29, 0.717) is 6.04 Å². The predicted molar refractivity (Wildman–Crippen MR) is 89.5 cm³/mol. The number of hydrogen-bond acceptors (Lipinski definition) is 2. The van der Waals surface area contributed by atoms with Gasteiger partial charge in [0, 0.05) is 6.04 Å². The highest BCUT2D eigenvalue weighted by Gasteiger charge is 2.66. The molecular weight excluding hydrogens is 280 g/mol. The van der Waals surface area contributed by atoms with Gasteiger partial charge in [-0.05, 0) is 41.6 Å². The average molecular weight is 304 g/mol. The molecule has 0 bridgehead atoms. The number of hydrogen-bond donors (Lipinski definition) is 1. The molecule has 3 rings (SSSR count). The number of para-hydroxylation sites is 1. The zero-order chi connectivity index (χ0) is 15.4. The maximum atomic E-state index is 5.85. The lowest BCUT2D eigenvalue weighted by molar-refractivity contribution is 0.320. The van der Waals surface area contributed by atoms with E-state index in [0.717, 1.165) is 34.6 Å². The van der Waals surface area contributed by atoms with Crippen LogP contribution in [0.25, 0.3) is 11.0 Å². The van der Waals surface area contributed by atoms with Crippen molar-refractivity contribution in [3.05, 3.63) is 23.0 Å². The summed E-state index contributed by atoms with van der Waals surface area (Å²) in [6.07, 6.45) is 1.00. The van der Waals surface area contributed by atoms with Crippen molar-refractivity contribution in [3.63, 3.8) is 0 Å². The van der Waals surface area contributed by atoms with E-state index in [1.54, 1.807) is 0 Å². The van der Waals surface area contributed by atoms with Gasteiger partial charge in [0.15, 0.2) is 4.77 Å². The third kappa shape index (κ3) is 1.95. The number of rotatable bonds is 4. The number of H-pyrrole nitrogens is 1. The number of nitrogens with one attached hydrogen (secondary N) is 1. The number of fused-ring (bicyclic) bond motifs is 1. The van der Waals surface area contributed by atoms with Gasteiger partial charge in [0.2, 0.25) is 0 Å². The zero-order valence-electron chi connectivity index (χ0n) is 13.5. The molecule has 0 spiro atoms. The fourth-order valence-corrected chi connectivity index (χ4v) is 3.82. The minimum Gasteiger partial charge on any atom is -0.491 e. The van der Waals surface area contributed by atoms with E-state index in [4.69, 9.17) is 17.0 Å². The molecule has 1 saturated carbocycles. The Balaban J connectivity index is 2.14. The van der Waals surface area contributed by atoms with Crippen molar-refractivity contribution in [1.82, 2.24) is 9.55 Å². The molecule has 0 atom stereocenters. The summed E-state index contributed by atoms with van der Waals surface area (Å²) in [7, 11) is 0. The maximum absolute atomic E-state index is 5.85. The SMILES string of the molecule is CCCOc1cccc2c1[nH]c(=S)n2C1C(C)(C)C1(C)C. The second-order valence-electron chi connectivity index (χ2n) is 7.14. The van der Waals surface area contributed by atoms with Crippen molar-refractivity contribution in [2.75, 3.05) is 6.61 Å². The lowest BCUT2D eigenvalue weighted by Crippen LogP contribution is -2.01. The topological polar surface area (TPSA) is 29.9 Å². The van der Waals surface area contributed by atoms with E-state index in [9.17, 15) is 0 Å². The summed E-state index contributed by atoms with van der Waals surface area (Å²) >= 11 is 5.60. The molecule has 3 nitrogen and oxygen atoms in total. The van der Waals surface area contributed by atoms with Gasteiger partial charge in [0.1, 0.15) is 11.3 Å². The van der Waals surface area contributed by atoms with Crippen molar-refractivity contribution >= 4 is 23.3 Å². The summed E-state index contributed by atoms with van der Waals surface area (Å²) in [5.74, 6) is 0.899. The normalized spacial score (nSPS) is 19.9. The van der Waals surface area contributed by atoms with Gasteiger partial charge in [-0.1, -0.05) is 40.7 Å². The molecule has 0 amide bonds. The first-order valence-electron chi connectivity index (χ1n) is 7.68. The van der Waals surface area contributed by atoms with E-state index in [1.165, 1.54) is 0 Å². The molecule has 0 saturated heterocycles. The van der Waals surface area contributed by atoms with Crippen molar-refractivity contribution in [2.45, 2.75) is 47.1 Å². The number of imidazole rings is 1. The summed E-state index contributed by atoms with van der Waals surface area (Å²) in [6, 6.07) is 6.61. The Labute approximate surface area is 131 Å². The van der Waals surface area contributed by atoms with E-state index < -0.39 is 0 Å². The van der Waals surface area contributed by atoms with Crippen LogP contribution in [0.3, 0.4) is 0 Å². The van der Waals surface area contributed by atoms with E-state index >= 15 is 0 Å². The second-order valence-corrected chi connectivity index (χ2v) is 7.53. The highest BCUT2D eigenvalue weighted by Crippen LogP contribution is 2.71. The highest BCUT2D eigenvalue weighted by atomic mass is 32.1. The molecule has 0 unspecified atom stereocenters. The van der Waals surface area contributed by atoms with Crippen LogP contribution in [0.5, 0.6) is 5.75 Å². The number of ether oxygens (including phenoxy) is 1. The lowest BCUT2D eigenvalue weighted by Gasteiger charge is -2.08. The Morgan fingerprint density at radius 1 is 1.24 bits per heavy atom. The first kappa shape index (κ1) is 14.6. The van der Waals surface area contributed by atoms with Crippen molar-refractivity contribution < 1.29 is 4.74 Å². The van der Waals surface area contributed by atoms with Crippen LogP contribution >= 0.6 is 12.2 Å². The van der Waals surface area contributed by atoms with Gasteiger partial charge in [-0.3, -0.25) is 0 Å². The number of aromatic amines is 1. The standard InChI is InChI=1S/C17H24N2OS/c1-6-10-20-12-9-7-8-11-13(12)18-15(21)19(11)14-16(2,3)17(14,4)5/h7-9,14H,6,10H2,1-5H3,(H,18,21). The molecule has 21 heavy (non-hydrogen) atoms. The van der Waals surface area contributed by atoms with Gasteiger partial charge in [-0.15, -0.1) is 0 Å². The Bertz CT molecular complexity index is 725. The van der Waals surface area contributed by atoms with Crippen LogP contribution in [-0.4, -0.2) is 16.2 Å². The van der Waals surface area contributed by atoms with E-state index in [1.807, 2.05) is 6.07 Å². The van der Waals surface area contributed by atoms with Crippen molar-refractivity contribution in [2.24, 2.45) is 10.8 Å². The lowest BCUT2D eigenvalue weighted by atomic mass is 10.0. The van der Waals surface area contributed by atoms with Gasteiger partial charge >= 0.3 is 0 Å². The number of benzene rings is 1. The predicted octanol–water partition coefficient (Wildman–Crippen LogP) is 5.09. The van der Waals surface area contributed by atoms with Gasteiger partial charge in [0.05, 0.1) is 12.1 Å². The van der Waals surface area contributed by atoms with Crippen LogP contribution in [0, 0.1) is 15.6 Å². The summed E-state index contributed by atoms with van der Waals surface area (Å²) in [5.41, 5.74) is 2.67.